The Kier molecular flexibility index (Phi) is 5.82. The summed E-state index contributed by atoms with van der Waals surface area (Å²) in [7, 11) is 0. The van der Waals surface area contributed by atoms with Crippen LogP contribution >= 0.6 is 0 Å². The van der Waals surface area contributed by atoms with Gasteiger partial charge in [0, 0.05) is 49.7 Å². The van der Waals surface area contributed by atoms with Crippen LogP contribution in [0, 0.1) is 22.7 Å². The lowest BCUT2D eigenvalue weighted by Gasteiger charge is -2.42. The number of alkyl halides is 3. The summed E-state index contributed by atoms with van der Waals surface area (Å²) in [5, 5.41) is 12.2. The van der Waals surface area contributed by atoms with Gasteiger partial charge in [-0.15, -0.1) is 0 Å². The molecule has 0 radical (unpaired) electrons. The van der Waals surface area contributed by atoms with Crippen molar-refractivity contribution in [3.05, 3.63) is 29.3 Å². The molecule has 2 amide bonds. The first-order valence-corrected chi connectivity index (χ1v) is 11.1. The lowest BCUT2D eigenvalue weighted by atomic mass is 9.70. The molecule has 1 atom stereocenters. The maximum Gasteiger partial charge on any atom is 0.417 e. The Balaban J connectivity index is 1.61. The molecule has 1 aromatic carbocycles. The minimum absolute atomic E-state index is 0.0463. The lowest BCUT2D eigenvalue weighted by molar-refractivity contribution is -0.138. The molecule has 1 N–H and O–H groups in total. The van der Waals surface area contributed by atoms with Gasteiger partial charge < -0.3 is 15.1 Å². The van der Waals surface area contributed by atoms with Crippen molar-refractivity contribution < 1.29 is 22.8 Å². The van der Waals surface area contributed by atoms with Crippen LogP contribution in [0.15, 0.2) is 18.2 Å². The molecule has 2 aliphatic heterocycles. The first-order valence-electron chi connectivity index (χ1n) is 11.1. The van der Waals surface area contributed by atoms with Crippen LogP contribution in [0.3, 0.4) is 0 Å². The van der Waals surface area contributed by atoms with Gasteiger partial charge in [-0.3, -0.25) is 9.59 Å². The quantitative estimate of drug-likeness (QED) is 0.767. The number of halogens is 3. The summed E-state index contributed by atoms with van der Waals surface area (Å²) in [6.07, 6.45) is -1.01. The SMILES string of the molecule is CCC(=O)N1CCC2(CC1)CN(c1ccc(C#N)c(C(F)(F)F)c1)CC2C(=O)NC1CC1. The van der Waals surface area contributed by atoms with E-state index in [1.54, 1.807) is 6.07 Å². The van der Waals surface area contributed by atoms with Crippen molar-refractivity contribution >= 4 is 17.5 Å². The second-order valence-corrected chi connectivity index (χ2v) is 9.15. The number of rotatable bonds is 4. The Labute approximate surface area is 185 Å². The molecule has 0 aromatic heterocycles. The number of nitriles is 1. The molecular formula is C23H27F3N4O2. The maximum absolute atomic E-state index is 13.5. The van der Waals surface area contributed by atoms with Gasteiger partial charge in [-0.1, -0.05) is 6.92 Å². The van der Waals surface area contributed by atoms with Crippen molar-refractivity contribution in [2.24, 2.45) is 11.3 Å². The third-order valence-corrected chi connectivity index (χ3v) is 7.10. The molecule has 3 fully saturated rings. The highest BCUT2D eigenvalue weighted by atomic mass is 19.4. The van der Waals surface area contributed by atoms with Gasteiger partial charge in [0.1, 0.15) is 0 Å². The molecule has 2 heterocycles. The molecular weight excluding hydrogens is 421 g/mol. The first kappa shape index (κ1) is 22.4. The number of hydrogen-bond acceptors (Lipinski definition) is 4. The monoisotopic (exact) mass is 448 g/mol. The fraction of sp³-hybridized carbons (Fsp3) is 0.609. The largest absolute Gasteiger partial charge is 0.417 e. The number of carbonyl (C=O) groups is 2. The number of amides is 2. The number of carbonyl (C=O) groups excluding carboxylic acids is 2. The van der Waals surface area contributed by atoms with E-state index in [1.165, 1.54) is 12.1 Å². The highest BCUT2D eigenvalue weighted by Crippen LogP contribution is 2.47. The Morgan fingerprint density at radius 2 is 1.94 bits per heavy atom. The zero-order valence-corrected chi connectivity index (χ0v) is 18.0. The van der Waals surface area contributed by atoms with Gasteiger partial charge >= 0.3 is 6.18 Å². The Bertz CT molecular complexity index is 944. The van der Waals surface area contributed by atoms with Crippen molar-refractivity contribution in [1.82, 2.24) is 10.2 Å². The number of hydrogen-bond donors (Lipinski definition) is 1. The molecule has 2 saturated heterocycles. The van der Waals surface area contributed by atoms with E-state index < -0.39 is 22.7 Å². The number of benzene rings is 1. The number of likely N-dealkylation sites (tertiary alicyclic amines) is 1. The molecule has 1 unspecified atom stereocenters. The van der Waals surface area contributed by atoms with Gasteiger partial charge in [-0.2, -0.15) is 18.4 Å². The van der Waals surface area contributed by atoms with E-state index in [0.717, 1.165) is 18.9 Å². The van der Waals surface area contributed by atoms with Crippen molar-refractivity contribution in [2.75, 3.05) is 31.1 Å². The lowest BCUT2D eigenvalue weighted by Crippen LogP contribution is -2.49. The Morgan fingerprint density at radius 1 is 1.25 bits per heavy atom. The van der Waals surface area contributed by atoms with E-state index in [1.807, 2.05) is 16.7 Å². The van der Waals surface area contributed by atoms with E-state index in [4.69, 9.17) is 5.26 Å². The third kappa shape index (κ3) is 4.27. The average Bonchev–Trinajstić information content (AvgIpc) is 3.51. The molecule has 4 rings (SSSR count). The van der Waals surface area contributed by atoms with Crippen molar-refractivity contribution in [3.8, 4) is 6.07 Å². The van der Waals surface area contributed by atoms with Crippen molar-refractivity contribution in [1.29, 1.82) is 5.26 Å². The zero-order valence-electron chi connectivity index (χ0n) is 18.0. The Hall–Kier alpha value is -2.76. The highest BCUT2D eigenvalue weighted by Gasteiger charge is 2.52. The van der Waals surface area contributed by atoms with E-state index in [2.05, 4.69) is 5.32 Å². The Morgan fingerprint density at radius 3 is 2.50 bits per heavy atom. The summed E-state index contributed by atoms with van der Waals surface area (Å²) in [4.78, 5) is 28.9. The van der Waals surface area contributed by atoms with Crippen LogP contribution in [0.1, 0.15) is 50.2 Å². The summed E-state index contributed by atoms with van der Waals surface area (Å²) in [6.45, 7) is 3.69. The number of nitrogens with zero attached hydrogens (tertiary/aromatic N) is 3. The van der Waals surface area contributed by atoms with Crippen molar-refractivity contribution in [3.63, 3.8) is 0 Å². The van der Waals surface area contributed by atoms with Crippen LogP contribution in [0.25, 0.3) is 0 Å². The highest BCUT2D eigenvalue weighted by molar-refractivity contribution is 5.82. The van der Waals surface area contributed by atoms with Crippen LogP contribution in [-0.4, -0.2) is 48.9 Å². The van der Waals surface area contributed by atoms with Gasteiger partial charge in [0.05, 0.1) is 23.1 Å². The predicted molar refractivity (Wildman–Crippen MR) is 112 cm³/mol. The number of anilines is 1. The average molecular weight is 448 g/mol. The summed E-state index contributed by atoms with van der Waals surface area (Å²) in [6, 6.07) is 5.55. The fourth-order valence-electron chi connectivity index (χ4n) is 5.05. The normalized spacial score (nSPS) is 22.7. The van der Waals surface area contributed by atoms with Crippen LogP contribution in [0.2, 0.25) is 0 Å². The van der Waals surface area contributed by atoms with E-state index in [0.29, 0.717) is 51.1 Å². The minimum Gasteiger partial charge on any atom is -0.370 e. The molecule has 172 valence electrons. The zero-order chi connectivity index (χ0) is 23.1. The summed E-state index contributed by atoms with van der Waals surface area (Å²) >= 11 is 0. The van der Waals surface area contributed by atoms with Crippen LogP contribution in [0.4, 0.5) is 18.9 Å². The van der Waals surface area contributed by atoms with Crippen LogP contribution in [0.5, 0.6) is 0 Å². The molecule has 1 spiro atoms. The first-order chi connectivity index (χ1) is 15.2. The second-order valence-electron chi connectivity index (χ2n) is 9.15. The van der Waals surface area contributed by atoms with Gasteiger partial charge in [0.15, 0.2) is 0 Å². The van der Waals surface area contributed by atoms with Gasteiger partial charge in [-0.25, -0.2) is 0 Å². The topological polar surface area (TPSA) is 76.4 Å². The van der Waals surface area contributed by atoms with Gasteiger partial charge in [-0.05, 0) is 43.9 Å². The van der Waals surface area contributed by atoms with Gasteiger partial charge in [0.2, 0.25) is 11.8 Å². The number of piperidine rings is 1. The van der Waals surface area contributed by atoms with Gasteiger partial charge in [0.25, 0.3) is 0 Å². The summed E-state index contributed by atoms with van der Waals surface area (Å²) in [5.74, 6) is -0.322. The molecule has 6 nitrogen and oxygen atoms in total. The molecule has 9 heteroatoms. The number of nitrogens with one attached hydrogen (secondary N) is 1. The molecule has 32 heavy (non-hydrogen) atoms. The fourth-order valence-corrected chi connectivity index (χ4v) is 5.05. The van der Waals surface area contributed by atoms with E-state index in [-0.39, 0.29) is 23.8 Å². The maximum atomic E-state index is 13.5. The minimum atomic E-state index is -4.63. The molecule has 1 aromatic rings. The molecule has 3 aliphatic rings. The van der Waals surface area contributed by atoms with E-state index >= 15 is 0 Å². The van der Waals surface area contributed by atoms with Crippen LogP contribution < -0.4 is 10.2 Å². The molecule has 0 bridgehead atoms. The predicted octanol–water partition coefficient (Wildman–Crippen LogP) is 3.31. The third-order valence-electron chi connectivity index (χ3n) is 7.10. The standard InChI is InChI=1S/C23H27F3N4O2/c1-2-20(31)29-9-7-22(8-10-29)14-30(13-19(22)21(32)28-16-4-5-16)17-6-3-15(12-27)18(11-17)23(24,25)26/h3,6,11,16,19H,2,4-5,7-10,13-14H2,1H3,(H,28,32). The van der Waals surface area contributed by atoms with Crippen LogP contribution in [-0.2, 0) is 15.8 Å². The summed E-state index contributed by atoms with van der Waals surface area (Å²) in [5.41, 5.74) is -1.40. The smallest absolute Gasteiger partial charge is 0.370 e. The van der Waals surface area contributed by atoms with Crippen molar-refractivity contribution in [2.45, 2.75) is 51.2 Å². The second kappa shape index (κ2) is 8.30. The summed E-state index contributed by atoms with van der Waals surface area (Å²) < 4.78 is 40.5. The van der Waals surface area contributed by atoms with E-state index in [9.17, 15) is 22.8 Å². The molecule has 1 aliphatic carbocycles. The molecule has 1 saturated carbocycles.